The second kappa shape index (κ2) is 8.50. The van der Waals surface area contributed by atoms with Crippen molar-refractivity contribution >= 4 is 27.3 Å². The molecular weight excluding hydrogens is 424 g/mol. The third kappa shape index (κ3) is 4.40. The molecule has 5 rings (SSSR count). The number of amides is 1. The number of piperazine rings is 1. The summed E-state index contributed by atoms with van der Waals surface area (Å²) in [5.41, 5.74) is 3.89. The van der Waals surface area contributed by atoms with Crippen LogP contribution in [0.5, 0.6) is 0 Å². The van der Waals surface area contributed by atoms with Crippen LogP contribution in [0.2, 0.25) is 0 Å². The van der Waals surface area contributed by atoms with Crippen LogP contribution in [0, 0.1) is 5.92 Å². The van der Waals surface area contributed by atoms with E-state index in [9.17, 15) is 13.2 Å². The topological polar surface area (TPSA) is 73.0 Å². The van der Waals surface area contributed by atoms with E-state index in [1.165, 1.54) is 5.69 Å². The second-order valence-electron chi connectivity index (χ2n) is 9.09. The summed E-state index contributed by atoms with van der Waals surface area (Å²) in [6.45, 7) is 4.99. The van der Waals surface area contributed by atoms with Crippen molar-refractivity contribution in [2.24, 2.45) is 5.92 Å². The molecule has 2 aromatic rings. The molecule has 1 N–H and O–H groups in total. The van der Waals surface area contributed by atoms with Crippen LogP contribution in [0.15, 0.2) is 47.4 Å². The number of nitrogens with one attached hydrogen (secondary N) is 1. The molecule has 0 radical (unpaired) electrons. The highest BCUT2D eigenvalue weighted by Crippen LogP contribution is 2.37. The van der Waals surface area contributed by atoms with E-state index >= 15 is 0 Å². The highest BCUT2D eigenvalue weighted by Gasteiger charge is 2.36. The van der Waals surface area contributed by atoms with E-state index in [4.69, 9.17) is 0 Å². The van der Waals surface area contributed by atoms with Gasteiger partial charge >= 0.3 is 0 Å². The van der Waals surface area contributed by atoms with Crippen molar-refractivity contribution in [1.82, 2.24) is 9.62 Å². The number of sulfonamides is 1. The van der Waals surface area contributed by atoms with Crippen LogP contribution >= 0.6 is 0 Å². The molecule has 1 saturated heterocycles. The predicted molar refractivity (Wildman–Crippen MR) is 125 cm³/mol. The lowest BCUT2D eigenvalue weighted by atomic mass is 10.2. The average molecular weight is 455 g/mol. The van der Waals surface area contributed by atoms with E-state index in [0.717, 1.165) is 55.8 Å². The van der Waals surface area contributed by atoms with Gasteiger partial charge in [-0.25, -0.2) is 13.1 Å². The standard InChI is InChI=1S/C24H30N4O3S/c1-26-12-14-27(15-13-26)21-6-2-18(3-7-21)17-25-32(30,31)22-8-9-23-20(16-22)10-11-28(23)24(29)19-4-5-19/h2-3,6-9,16,19,25H,4-5,10-15,17H2,1H3. The summed E-state index contributed by atoms with van der Waals surface area (Å²) in [6, 6.07) is 13.2. The smallest absolute Gasteiger partial charge is 0.240 e. The molecule has 0 bridgehead atoms. The Labute approximate surface area is 190 Å². The maximum atomic E-state index is 12.9. The molecule has 2 aliphatic heterocycles. The molecule has 0 atom stereocenters. The molecule has 1 saturated carbocycles. The molecule has 0 spiro atoms. The number of hydrogen-bond acceptors (Lipinski definition) is 5. The van der Waals surface area contributed by atoms with Gasteiger partial charge in [0.2, 0.25) is 15.9 Å². The molecule has 8 heteroatoms. The van der Waals surface area contributed by atoms with Gasteiger partial charge in [0.15, 0.2) is 0 Å². The normalized spacial score (nSPS) is 19.3. The van der Waals surface area contributed by atoms with Gasteiger partial charge < -0.3 is 14.7 Å². The summed E-state index contributed by atoms with van der Waals surface area (Å²) < 4.78 is 28.5. The van der Waals surface area contributed by atoms with Crippen LogP contribution in [0.3, 0.4) is 0 Å². The Morgan fingerprint density at radius 2 is 1.72 bits per heavy atom. The van der Waals surface area contributed by atoms with Gasteiger partial charge in [0.05, 0.1) is 4.90 Å². The van der Waals surface area contributed by atoms with E-state index in [0.29, 0.717) is 13.0 Å². The minimum atomic E-state index is -3.63. The lowest BCUT2D eigenvalue weighted by Crippen LogP contribution is -2.44. The van der Waals surface area contributed by atoms with Gasteiger partial charge in [-0.2, -0.15) is 0 Å². The van der Waals surface area contributed by atoms with Gasteiger partial charge in [0.25, 0.3) is 0 Å². The van der Waals surface area contributed by atoms with E-state index in [1.54, 1.807) is 18.2 Å². The fourth-order valence-electron chi connectivity index (χ4n) is 4.48. The third-order valence-electron chi connectivity index (χ3n) is 6.72. The van der Waals surface area contributed by atoms with Gasteiger partial charge in [-0.15, -0.1) is 0 Å². The Kier molecular flexibility index (Phi) is 5.69. The van der Waals surface area contributed by atoms with Crippen molar-refractivity contribution in [3.8, 4) is 0 Å². The van der Waals surface area contributed by atoms with Gasteiger partial charge in [-0.3, -0.25) is 4.79 Å². The zero-order valence-corrected chi connectivity index (χ0v) is 19.3. The molecule has 3 aliphatic rings. The fourth-order valence-corrected chi connectivity index (χ4v) is 5.54. The van der Waals surface area contributed by atoms with Gasteiger partial charge in [0.1, 0.15) is 0 Å². The number of rotatable bonds is 6. The first kappa shape index (κ1) is 21.4. The molecule has 2 fully saturated rings. The minimum Gasteiger partial charge on any atom is -0.369 e. The van der Waals surface area contributed by atoms with Gasteiger partial charge in [-0.1, -0.05) is 12.1 Å². The first-order chi connectivity index (χ1) is 15.4. The van der Waals surface area contributed by atoms with Gasteiger partial charge in [0, 0.05) is 56.6 Å². The monoisotopic (exact) mass is 454 g/mol. The van der Waals surface area contributed by atoms with E-state index in [-0.39, 0.29) is 23.3 Å². The zero-order chi connectivity index (χ0) is 22.3. The SMILES string of the molecule is CN1CCN(c2ccc(CNS(=O)(=O)c3ccc4c(c3)CCN4C(=O)C3CC3)cc2)CC1. The largest absolute Gasteiger partial charge is 0.369 e. The number of carbonyl (C=O) groups excluding carboxylic acids is 1. The Morgan fingerprint density at radius 3 is 2.41 bits per heavy atom. The number of fused-ring (bicyclic) bond motifs is 1. The van der Waals surface area contributed by atoms with Crippen LogP contribution in [0.1, 0.15) is 24.0 Å². The fraction of sp³-hybridized carbons (Fsp3) is 0.458. The third-order valence-corrected chi connectivity index (χ3v) is 8.12. The van der Waals surface area contributed by atoms with Crippen molar-refractivity contribution < 1.29 is 13.2 Å². The number of nitrogens with zero attached hydrogens (tertiary/aromatic N) is 3. The lowest BCUT2D eigenvalue weighted by Gasteiger charge is -2.34. The molecule has 32 heavy (non-hydrogen) atoms. The maximum absolute atomic E-state index is 12.9. The zero-order valence-electron chi connectivity index (χ0n) is 18.5. The lowest BCUT2D eigenvalue weighted by molar-refractivity contribution is -0.119. The molecule has 2 aromatic carbocycles. The first-order valence-electron chi connectivity index (χ1n) is 11.4. The summed E-state index contributed by atoms with van der Waals surface area (Å²) in [4.78, 5) is 19.2. The summed E-state index contributed by atoms with van der Waals surface area (Å²) in [5, 5.41) is 0. The molecule has 0 aromatic heterocycles. The quantitative estimate of drug-likeness (QED) is 0.725. The van der Waals surface area contributed by atoms with Crippen LogP contribution in [-0.2, 0) is 27.8 Å². The summed E-state index contributed by atoms with van der Waals surface area (Å²) in [6.07, 6.45) is 2.64. The van der Waals surface area contributed by atoms with Crippen LogP contribution in [0.4, 0.5) is 11.4 Å². The molecule has 0 unspecified atom stereocenters. The van der Waals surface area contributed by atoms with Gasteiger partial charge in [-0.05, 0) is 67.8 Å². The summed E-state index contributed by atoms with van der Waals surface area (Å²) in [5.74, 6) is 0.339. The predicted octanol–water partition coefficient (Wildman–Crippen LogP) is 2.22. The molecular formula is C24H30N4O3S. The number of likely N-dealkylation sites (N-methyl/N-ethyl adjacent to an activating group) is 1. The molecule has 1 aliphatic carbocycles. The van der Waals surface area contributed by atoms with E-state index < -0.39 is 10.0 Å². The number of hydrogen-bond donors (Lipinski definition) is 1. The van der Waals surface area contributed by atoms with Crippen molar-refractivity contribution in [1.29, 1.82) is 0 Å². The first-order valence-corrected chi connectivity index (χ1v) is 12.9. The Morgan fingerprint density at radius 1 is 1.00 bits per heavy atom. The highest BCUT2D eigenvalue weighted by molar-refractivity contribution is 7.89. The summed E-state index contributed by atoms with van der Waals surface area (Å²) >= 11 is 0. The molecule has 2 heterocycles. The number of benzene rings is 2. The molecule has 7 nitrogen and oxygen atoms in total. The minimum absolute atomic E-state index is 0.161. The van der Waals surface area contributed by atoms with E-state index in [2.05, 4.69) is 33.7 Å². The van der Waals surface area contributed by atoms with Crippen molar-refractivity contribution in [2.75, 3.05) is 49.6 Å². The number of anilines is 2. The second-order valence-corrected chi connectivity index (χ2v) is 10.9. The average Bonchev–Trinajstić information content (AvgIpc) is 3.57. The van der Waals surface area contributed by atoms with Crippen molar-refractivity contribution in [2.45, 2.75) is 30.7 Å². The Balaban J connectivity index is 1.22. The van der Waals surface area contributed by atoms with Crippen LogP contribution in [-0.4, -0.2) is 59.0 Å². The van der Waals surface area contributed by atoms with Crippen LogP contribution < -0.4 is 14.5 Å². The molecule has 170 valence electrons. The van der Waals surface area contributed by atoms with Crippen molar-refractivity contribution in [3.63, 3.8) is 0 Å². The number of carbonyl (C=O) groups is 1. The molecule has 1 amide bonds. The van der Waals surface area contributed by atoms with E-state index in [1.807, 2.05) is 17.0 Å². The Hall–Kier alpha value is -2.42. The highest BCUT2D eigenvalue weighted by atomic mass is 32.2. The Bertz CT molecular complexity index is 1100. The van der Waals surface area contributed by atoms with Crippen LogP contribution in [0.25, 0.3) is 0 Å². The summed E-state index contributed by atoms with van der Waals surface area (Å²) in [7, 11) is -1.49. The van der Waals surface area contributed by atoms with Crippen molar-refractivity contribution in [3.05, 3.63) is 53.6 Å². The maximum Gasteiger partial charge on any atom is 0.240 e.